The molecule has 1 aromatic heterocycles. The molecule has 0 aromatic carbocycles. The summed E-state index contributed by atoms with van der Waals surface area (Å²) >= 11 is 0. The van der Waals surface area contributed by atoms with Gasteiger partial charge in [-0.15, -0.1) is 0 Å². The topological polar surface area (TPSA) is 38.2 Å². The van der Waals surface area contributed by atoms with Gasteiger partial charge in [0.25, 0.3) is 0 Å². The van der Waals surface area contributed by atoms with Crippen LogP contribution in [0.15, 0.2) is 12.4 Å². The molecular weight excluding hydrogens is 166 g/mol. The Morgan fingerprint density at radius 3 is 2.46 bits per heavy atom. The second-order valence-corrected chi connectivity index (χ2v) is 3.19. The number of aromatic nitrogens is 2. The summed E-state index contributed by atoms with van der Waals surface area (Å²) in [7, 11) is 4.00. The smallest absolute Gasteiger partial charge is 0.316 e. The molecule has 0 aliphatic rings. The molecule has 72 valence electrons. The maximum atomic E-state index is 5.31. The lowest BCUT2D eigenvalue weighted by Crippen LogP contribution is -2.19. The van der Waals surface area contributed by atoms with Crippen LogP contribution in [-0.2, 0) is 0 Å². The van der Waals surface area contributed by atoms with E-state index in [2.05, 4.69) is 9.97 Å². The van der Waals surface area contributed by atoms with Crippen molar-refractivity contribution in [1.29, 1.82) is 0 Å². The predicted octanol–water partition coefficient (Wildman–Crippen LogP) is 0.725. The molecule has 1 heterocycles. The monoisotopic (exact) mass is 181 g/mol. The number of likely N-dealkylation sites (N-methyl/N-ethyl adjacent to an activating group) is 1. The van der Waals surface area contributed by atoms with E-state index in [4.69, 9.17) is 4.74 Å². The molecule has 0 aliphatic heterocycles. The van der Waals surface area contributed by atoms with Gasteiger partial charge in [-0.05, 0) is 26.6 Å². The molecular formula is C9H15N3O. The molecule has 0 radical (unpaired) electrons. The Labute approximate surface area is 78.6 Å². The Balaban J connectivity index is 2.33. The lowest BCUT2D eigenvalue weighted by atomic mass is 10.4. The Kier molecular flexibility index (Phi) is 3.64. The van der Waals surface area contributed by atoms with Gasteiger partial charge in [0.15, 0.2) is 0 Å². The summed E-state index contributed by atoms with van der Waals surface area (Å²) in [6, 6.07) is 0.451. The molecule has 0 spiro atoms. The number of aryl methyl sites for hydroxylation is 1. The minimum absolute atomic E-state index is 0.451. The lowest BCUT2D eigenvalue weighted by molar-refractivity contribution is 0.245. The van der Waals surface area contributed by atoms with Gasteiger partial charge in [0.05, 0.1) is 0 Å². The Morgan fingerprint density at radius 1 is 1.31 bits per heavy atom. The van der Waals surface area contributed by atoms with Crippen molar-refractivity contribution in [2.75, 3.05) is 27.2 Å². The van der Waals surface area contributed by atoms with Crippen LogP contribution in [0.2, 0.25) is 0 Å². The summed E-state index contributed by atoms with van der Waals surface area (Å²) in [4.78, 5) is 10.1. The Hall–Kier alpha value is -1.16. The highest BCUT2D eigenvalue weighted by molar-refractivity contribution is 5.04. The minimum atomic E-state index is 0.451. The minimum Gasteiger partial charge on any atom is -0.462 e. The maximum Gasteiger partial charge on any atom is 0.316 e. The van der Waals surface area contributed by atoms with Crippen molar-refractivity contribution >= 4 is 0 Å². The number of rotatable bonds is 4. The molecule has 4 nitrogen and oxygen atoms in total. The number of hydrogen-bond donors (Lipinski definition) is 0. The van der Waals surface area contributed by atoms with Gasteiger partial charge < -0.3 is 9.64 Å². The van der Waals surface area contributed by atoms with Crippen LogP contribution in [0.5, 0.6) is 6.01 Å². The summed E-state index contributed by atoms with van der Waals surface area (Å²) in [6.07, 6.45) is 3.50. The van der Waals surface area contributed by atoms with Gasteiger partial charge >= 0.3 is 6.01 Å². The highest BCUT2D eigenvalue weighted by Crippen LogP contribution is 2.00. The van der Waals surface area contributed by atoms with Crippen LogP contribution in [0.25, 0.3) is 0 Å². The average molecular weight is 181 g/mol. The predicted molar refractivity (Wildman–Crippen MR) is 50.8 cm³/mol. The zero-order chi connectivity index (χ0) is 9.68. The van der Waals surface area contributed by atoms with Crippen LogP contribution in [0.1, 0.15) is 5.56 Å². The molecule has 0 saturated heterocycles. The van der Waals surface area contributed by atoms with Gasteiger partial charge in [0.1, 0.15) is 6.61 Å². The average Bonchev–Trinajstić information content (AvgIpc) is 2.08. The first-order valence-electron chi connectivity index (χ1n) is 4.24. The first-order chi connectivity index (χ1) is 6.18. The SMILES string of the molecule is Cc1cnc(OCCN(C)C)nc1. The maximum absolute atomic E-state index is 5.31. The van der Waals surface area contributed by atoms with E-state index in [-0.39, 0.29) is 0 Å². The van der Waals surface area contributed by atoms with Crippen molar-refractivity contribution in [3.8, 4) is 6.01 Å². The molecule has 13 heavy (non-hydrogen) atoms. The van der Waals surface area contributed by atoms with Crippen LogP contribution in [0.3, 0.4) is 0 Å². The number of nitrogens with zero attached hydrogens (tertiary/aromatic N) is 3. The van der Waals surface area contributed by atoms with Gasteiger partial charge in [-0.1, -0.05) is 0 Å². The van der Waals surface area contributed by atoms with Gasteiger partial charge in [0, 0.05) is 18.9 Å². The summed E-state index contributed by atoms with van der Waals surface area (Å²) in [6.45, 7) is 3.44. The second kappa shape index (κ2) is 4.77. The van der Waals surface area contributed by atoms with Crippen LogP contribution in [0, 0.1) is 6.92 Å². The molecule has 1 aromatic rings. The van der Waals surface area contributed by atoms with E-state index in [1.807, 2.05) is 25.9 Å². The van der Waals surface area contributed by atoms with E-state index in [1.54, 1.807) is 12.4 Å². The van der Waals surface area contributed by atoms with Crippen LogP contribution in [-0.4, -0.2) is 42.1 Å². The van der Waals surface area contributed by atoms with Crippen molar-refractivity contribution in [2.24, 2.45) is 0 Å². The van der Waals surface area contributed by atoms with E-state index in [1.165, 1.54) is 0 Å². The third-order valence-corrected chi connectivity index (χ3v) is 1.53. The second-order valence-electron chi connectivity index (χ2n) is 3.19. The zero-order valence-corrected chi connectivity index (χ0v) is 8.32. The molecule has 0 fully saturated rings. The summed E-state index contributed by atoms with van der Waals surface area (Å²) in [5, 5.41) is 0. The molecule has 0 amide bonds. The van der Waals surface area contributed by atoms with Crippen molar-refractivity contribution in [2.45, 2.75) is 6.92 Å². The summed E-state index contributed by atoms with van der Waals surface area (Å²) in [5.41, 5.74) is 1.04. The van der Waals surface area contributed by atoms with E-state index >= 15 is 0 Å². The van der Waals surface area contributed by atoms with E-state index < -0.39 is 0 Å². The number of hydrogen-bond acceptors (Lipinski definition) is 4. The molecule has 1 rings (SSSR count). The van der Waals surface area contributed by atoms with Gasteiger partial charge in [-0.3, -0.25) is 0 Å². The van der Waals surface area contributed by atoms with Crippen molar-refractivity contribution in [3.63, 3.8) is 0 Å². The van der Waals surface area contributed by atoms with E-state index in [9.17, 15) is 0 Å². The quantitative estimate of drug-likeness (QED) is 0.686. The highest BCUT2D eigenvalue weighted by atomic mass is 16.5. The first-order valence-corrected chi connectivity index (χ1v) is 4.24. The van der Waals surface area contributed by atoms with Gasteiger partial charge in [-0.2, -0.15) is 0 Å². The molecule has 0 aliphatic carbocycles. The van der Waals surface area contributed by atoms with E-state index in [0.29, 0.717) is 12.6 Å². The van der Waals surface area contributed by atoms with Crippen LogP contribution in [0.4, 0.5) is 0 Å². The number of ether oxygens (including phenoxy) is 1. The lowest BCUT2D eigenvalue weighted by Gasteiger charge is -2.09. The zero-order valence-electron chi connectivity index (χ0n) is 8.32. The fraction of sp³-hybridized carbons (Fsp3) is 0.556. The molecule has 0 N–H and O–H groups in total. The highest BCUT2D eigenvalue weighted by Gasteiger charge is 1.96. The van der Waals surface area contributed by atoms with Crippen LogP contribution >= 0.6 is 0 Å². The fourth-order valence-corrected chi connectivity index (χ4v) is 0.775. The molecule has 0 unspecified atom stereocenters. The van der Waals surface area contributed by atoms with Gasteiger partial charge in [-0.25, -0.2) is 9.97 Å². The standard InChI is InChI=1S/C9H15N3O/c1-8-6-10-9(11-7-8)13-5-4-12(2)3/h6-7H,4-5H2,1-3H3. The summed E-state index contributed by atoms with van der Waals surface area (Å²) in [5.74, 6) is 0. The Bertz CT molecular complexity index is 246. The largest absolute Gasteiger partial charge is 0.462 e. The molecule has 0 bridgehead atoms. The third kappa shape index (κ3) is 3.85. The molecule has 4 heteroatoms. The van der Waals surface area contributed by atoms with Crippen molar-refractivity contribution in [3.05, 3.63) is 18.0 Å². The van der Waals surface area contributed by atoms with Crippen molar-refractivity contribution in [1.82, 2.24) is 14.9 Å². The normalized spacial score (nSPS) is 10.5. The van der Waals surface area contributed by atoms with Gasteiger partial charge in [0.2, 0.25) is 0 Å². The molecule has 0 saturated carbocycles. The van der Waals surface area contributed by atoms with Crippen LogP contribution < -0.4 is 4.74 Å². The van der Waals surface area contributed by atoms with Crippen molar-refractivity contribution < 1.29 is 4.74 Å². The third-order valence-electron chi connectivity index (χ3n) is 1.53. The van der Waals surface area contributed by atoms with E-state index in [0.717, 1.165) is 12.1 Å². The molecule has 0 atom stereocenters. The fourth-order valence-electron chi connectivity index (χ4n) is 0.775. The first kappa shape index (κ1) is 9.92. The summed E-state index contributed by atoms with van der Waals surface area (Å²) < 4.78 is 5.31. The Morgan fingerprint density at radius 2 is 1.92 bits per heavy atom.